The standard InChI is InChI=1S/C21H26Cl3NO3SSi/c1-21(2,3)30(4,5)28-9-8-13-6-7-16(22)25-18(13)17(23)14-12-15(29-19(14)24)20-26-10-11-27-20/h6-7,10-12,17,20H,8-9H2,1-5H3. The molecule has 0 fully saturated rings. The zero-order valence-corrected chi connectivity index (χ0v) is 21.8. The van der Waals surface area contributed by atoms with Gasteiger partial charge in [0, 0.05) is 12.2 Å². The third-order valence-corrected chi connectivity index (χ3v) is 12.2. The lowest BCUT2D eigenvalue weighted by Crippen LogP contribution is -2.41. The van der Waals surface area contributed by atoms with E-state index in [4.69, 9.17) is 48.7 Å². The van der Waals surface area contributed by atoms with Gasteiger partial charge in [-0.25, -0.2) is 4.98 Å². The lowest BCUT2D eigenvalue weighted by molar-refractivity contribution is -0.0217. The van der Waals surface area contributed by atoms with E-state index in [0.717, 1.165) is 16.0 Å². The number of hydrogen-bond acceptors (Lipinski definition) is 5. The SMILES string of the molecule is CC(C)(C)[Si](C)(C)OCCc1ccc(Cl)nc1C(Cl)c1cc(C2OC=CO2)sc1Cl. The van der Waals surface area contributed by atoms with Gasteiger partial charge in [0.05, 0.1) is 14.9 Å². The fourth-order valence-corrected chi connectivity index (χ4v) is 5.76. The number of pyridine rings is 1. The summed E-state index contributed by atoms with van der Waals surface area (Å²) >= 11 is 20.9. The van der Waals surface area contributed by atoms with E-state index in [1.807, 2.05) is 12.1 Å². The van der Waals surface area contributed by atoms with Gasteiger partial charge in [-0.1, -0.05) is 50.0 Å². The first-order valence-corrected chi connectivity index (χ1v) is 14.6. The average molecular weight is 507 g/mol. The molecule has 1 atom stereocenters. The molecule has 0 N–H and O–H groups in total. The Hall–Kier alpha value is -0.763. The molecule has 3 heterocycles. The van der Waals surface area contributed by atoms with Crippen LogP contribution in [-0.4, -0.2) is 19.9 Å². The summed E-state index contributed by atoms with van der Waals surface area (Å²) < 4.78 is 17.7. The third-order valence-electron chi connectivity index (χ3n) is 5.56. The van der Waals surface area contributed by atoms with E-state index in [1.54, 1.807) is 6.07 Å². The number of aromatic nitrogens is 1. The van der Waals surface area contributed by atoms with E-state index >= 15 is 0 Å². The number of hydrogen-bond donors (Lipinski definition) is 0. The second-order valence-electron chi connectivity index (χ2n) is 8.65. The molecule has 3 rings (SSSR count). The summed E-state index contributed by atoms with van der Waals surface area (Å²) in [4.78, 5) is 5.36. The molecule has 9 heteroatoms. The minimum atomic E-state index is -1.83. The highest BCUT2D eigenvalue weighted by Gasteiger charge is 2.37. The van der Waals surface area contributed by atoms with Gasteiger partial charge >= 0.3 is 0 Å². The van der Waals surface area contributed by atoms with Crippen LogP contribution < -0.4 is 0 Å². The predicted octanol–water partition coefficient (Wildman–Crippen LogP) is 7.86. The maximum absolute atomic E-state index is 6.85. The Labute approximate surface area is 198 Å². The molecule has 1 aliphatic rings. The molecule has 0 saturated carbocycles. The van der Waals surface area contributed by atoms with Crippen molar-refractivity contribution in [3.05, 3.63) is 61.9 Å². The van der Waals surface area contributed by atoms with Crippen molar-refractivity contribution in [3.63, 3.8) is 0 Å². The van der Waals surface area contributed by atoms with Gasteiger partial charge in [-0.15, -0.1) is 22.9 Å². The molecule has 0 aromatic carbocycles. The molecule has 0 radical (unpaired) electrons. The van der Waals surface area contributed by atoms with Gasteiger partial charge in [-0.05, 0) is 42.2 Å². The van der Waals surface area contributed by atoms with E-state index in [-0.39, 0.29) is 5.04 Å². The summed E-state index contributed by atoms with van der Waals surface area (Å²) in [5.41, 5.74) is 2.45. The molecule has 0 amide bonds. The largest absolute Gasteiger partial charge is 0.454 e. The van der Waals surface area contributed by atoms with Gasteiger partial charge in [0.15, 0.2) is 8.32 Å². The zero-order chi connectivity index (χ0) is 22.1. The number of nitrogens with zero attached hydrogens (tertiary/aromatic N) is 1. The first-order valence-electron chi connectivity index (χ1n) is 9.68. The fourth-order valence-electron chi connectivity index (χ4n) is 2.75. The topological polar surface area (TPSA) is 40.6 Å². The summed E-state index contributed by atoms with van der Waals surface area (Å²) in [7, 11) is -1.83. The normalized spacial score (nSPS) is 15.9. The minimum Gasteiger partial charge on any atom is -0.454 e. The summed E-state index contributed by atoms with van der Waals surface area (Å²) in [5.74, 6) is 0. The van der Waals surface area contributed by atoms with Crippen LogP contribution in [0.2, 0.25) is 27.6 Å². The molecule has 2 aromatic rings. The van der Waals surface area contributed by atoms with E-state index in [1.165, 1.54) is 23.9 Å². The maximum Gasteiger partial charge on any atom is 0.275 e. The first-order chi connectivity index (χ1) is 14.0. The zero-order valence-electron chi connectivity index (χ0n) is 17.7. The van der Waals surface area contributed by atoms with Crippen LogP contribution in [0.5, 0.6) is 0 Å². The molecule has 4 nitrogen and oxygen atoms in total. The van der Waals surface area contributed by atoms with Crippen molar-refractivity contribution in [2.24, 2.45) is 0 Å². The van der Waals surface area contributed by atoms with Crippen LogP contribution in [0.3, 0.4) is 0 Å². The number of ether oxygens (including phenoxy) is 2. The minimum absolute atomic E-state index is 0.156. The summed E-state index contributed by atoms with van der Waals surface area (Å²) in [5, 5.41) is 0.00419. The molecule has 0 spiro atoms. The number of halogens is 3. The number of rotatable bonds is 7. The number of thiophene rings is 1. The first kappa shape index (κ1) is 23.9. The molecule has 0 bridgehead atoms. The Morgan fingerprint density at radius 2 is 1.87 bits per heavy atom. The van der Waals surface area contributed by atoms with Crippen molar-refractivity contribution < 1.29 is 13.9 Å². The van der Waals surface area contributed by atoms with Crippen LogP contribution in [0.1, 0.15) is 54.1 Å². The Morgan fingerprint density at radius 1 is 1.20 bits per heavy atom. The monoisotopic (exact) mass is 505 g/mol. The fraction of sp³-hybridized carbons (Fsp3) is 0.476. The highest BCUT2D eigenvalue weighted by Crippen LogP contribution is 2.43. The van der Waals surface area contributed by atoms with Crippen molar-refractivity contribution in [2.45, 2.75) is 57.0 Å². The Morgan fingerprint density at radius 3 is 2.50 bits per heavy atom. The van der Waals surface area contributed by atoms with Crippen LogP contribution in [0, 0.1) is 0 Å². The second-order valence-corrected chi connectivity index (χ2v) is 16.0. The van der Waals surface area contributed by atoms with Crippen LogP contribution >= 0.6 is 46.1 Å². The second kappa shape index (κ2) is 9.39. The van der Waals surface area contributed by atoms with Gasteiger partial charge < -0.3 is 13.9 Å². The van der Waals surface area contributed by atoms with Gasteiger partial charge in [0.1, 0.15) is 23.1 Å². The van der Waals surface area contributed by atoms with Gasteiger partial charge in [0.2, 0.25) is 0 Å². The highest BCUT2D eigenvalue weighted by molar-refractivity contribution is 7.16. The van der Waals surface area contributed by atoms with Crippen molar-refractivity contribution in [3.8, 4) is 0 Å². The van der Waals surface area contributed by atoms with E-state index in [9.17, 15) is 0 Å². The van der Waals surface area contributed by atoms with Gasteiger partial charge in [-0.2, -0.15) is 0 Å². The smallest absolute Gasteiger partial charge is 0.275 e. The van der Waals surface area contributed by atoms with E-state index < -0.39 is 20.0 Å². The van der Waals surface area contributed by atoms with Gasteiger partial charge in [0.25, 0.3) is 6.29 Å². The Kier molecular flexibility index (Phi) is 7.48. The highest BCUT2D eigenvalue weighted by atomic mass is 35.5. The summed E-state index contributed by atoms with van der Waals surface area (Å²) in [6, 6.07) is 5.65. The molecular formula is C21H26Cl3NO3SSi. The average Bonchev–Trinajstić information content (AvgIpc) is 3.31. The molecule has 1 aliphatic heterocycles. The van der Waals surface area contributed by atoms with Crippen molar-refractivity contribution >= 4 is 54.5 Å². The molecule has 2 aromatic heterocycles. The van der Waals surface area contributed by atoms with Crippen LogP contribution in [0.15, 0.2) is 30.7 Å². The summed E-state index contributed by atoms with van der Waals surface area (Å²) in [6.07, 6.45) is 3.22. The van der Waals surface area contributed by atoms with Crippen LogP contribution in [-0.2, 0) is 20.3 Å². The third kappa shape index (κ3) is 5.34. The Balaban J connectivity index is 1.80. The molecule has 164 valence electrons. The Bertz CT molecular complexity index is 919. The van der Waals surface area contributed by atoms with E-state index in [2.05, 4.69) is 38.8 Å². The number of alkyl halides is 1. The van der Waals surface area contributed by atoms with Crippen molar-refractivity contribution in [2.75, 3.05) is 6.61 Å². The maximum atomic E-state index is 6.85. The van der Waals surface area contributed by atoms with Crippen LogP contribution in [0.25, 0.3) is 0 Å². The lowest BCUT2D eigenvalue weighted by atomic mass is 10.0. The predicted molar refractivity (Wildman–Crippen MR) is 127 cm³/mol. The summed E-state index contributed by atoms with van der Waals surface area (Å²) in [6.45, 7) is 11.8. The quantitative estimate of drug-likeness (QED) is 0.218. The molecule has 30 heavy (non-hydrogen) atoms. The molecule has 1 unspecified atom stereocenters. The van der Waals surface area contributed by atoms with Crippen LogP contribution in [0.4, 0.5) is 0 Å². The van der Waals surface area contributed by atoms with Crippen molar-refractivity contribution in [1.29, 1.82) is 0 Å². The van der Waals surface area contributed by atoms with E-state index in [0.29, 0.717) is 28.2 Å². The molecule has 0 aliphatic carbocycles. The van der Waals surface area contributed by atoms with Gasteiger partial charge in [-0.3, -0.25) is 0 Å². The van der Waals surface area contributed by atoms with Crippen molar-refractivity contribution in [1.82, 2.24) is 4.98 Å². The lowest BCUT2D eigenvalue weighted by Gasteiger charge is -2.36. The molecule has 0 saturated heterocycles. The molecular weight excluding hydrogens is 481 g/mol.